The molecule has 0 aliphatic rings. The van der Waals surface area contributed by atoms with Crippen molar-refractivity contribution in [1.82, 2.24) is 0 Å². The molecule has 2 aromatic rings. The van der Waals surface area contributed by atoms with Crippen LogP contribution in [0.2, 0.25) is 0 Å². The van der Waals surface area contributed by atoms with E-state index in [0.29, 0.717) is 6.54 Å². The maximum atomic E-state index is 13.0. The average molecular weight is 271 g/mol. The lowest BCUT2D eigenvalue weighted by Crippen LogP contribution is -2.20. The fraction of sp³-hybridized carbons (Fsp3) is 0.176. The van der Waals surface area contributed by atoms with E-state index in [4.69, 9.17) is 5.11 Å². The Bertz CT molecular complexity index is 578. The molecular formula is C17H18FNO. The first kappa shape index (κ1) is 14.3. The molecule has 0 unspecified atom stereocenters. The second-order valence-electron chi connectivity index (χ2n) is 4.63. The summed E-state index contributed by atoms with van der Waals surface area (Å²) < 4.78 is 13.0. The van der Waals surface area contributed by atoms with Crippen LogP contribution in [0, 0.1) is 5.82 Å². The minimum atomic E-state index is -0.229. The van der Waals surface area contributed by atoms with Gasteiger partial charge in [0.1, 0.15) is 5.82 Å². The van der Waals surface area contributed by atoms with Crippen LogP contribution in [-0.2, 0) is 0 Å². The van der Waals surface area contributed by atoms with Crippen LogP contribution in [0.25, 0.3) is 12.2 Å². The monoisotopic (exact) mass is 271 g/mol. The van der Waals surface area contributed by atoms with Gasteiger partial charge in [0.25, 0.3) is 0 Å². The predicted molar refractivity (Wildman–Crippen MR) is 82.1 cm³/mol. The van der Waals surface area contributed by atoms with Crippen LogP contribution in [0.4, 0.5) is 10.1 Å². The van der Waals surface area contributed by atoms with Gasteiger partial charge in [-0.15, -0.1) is 0 Å². The summed E-state index contributed by atoms with van der Waals surface area (Å²) in [6.45, 7) is 0.746. The molecule has 0 heterocycles. The summed E-state index contributed by atoms with van der Waals surface area (Å²) in [6, 6.07) is 14.5. The van der Waals surface area contributed by atoms with Crippen molar-refractivity contribution >= 4 is 17.8 Å². The van der Waals surface area contributed by atoms with Crippen LogP contribution < -0.4 is 4.90 Å². The maximum Gasteiger partial charge on any atom is 0.123 e. The Hall–Kier alpha value is -2.13. The van der Waals surface area contributed by atoms with Crippen molar-refractivity contribution in [3.8, 4) is 0 Å². The quantitative estimate of drug-likeness (QED) is 0.842. The number of likely N-dealkylation sites (N-methyl/N-ethyl adjacent to an activating group) is 1. The van der Waals surface area contributed by atoms with Crippen molar-refractivity contribution in [2.75, 3.05) is 25.1 Å². The van der Waals surface area contributed by atoms with Crippen molar-refractivity contribution in [1.29, 1.82) is 0 Å². The van der Waals surface area contributed by atoms with Gasteiger partial charge in [-0.3, -0.25) is 0 Å². The number of aliphatic hydroxyl groups excluding tert-OH is 1. The second-order valence-corrected chi connectivity index (χ2v) is 4.63. The SMILES string of the molecule is CN(CCO)c1ccc(/C=C/c2cccc(F)c2)cc1. The summed E-state index contributed by atoms with van der Waals surface area (Å²) in [4.78, 5) is 1.99. The molecule has 0 saturated carbocycles. The summed E-state index contributed by atoms with van der Waals surface area (Å²) in [6.07, 6.45) is 3.83. The van der Waals surface area contributed by atoms with E-state index >= 15 is 0 Å². The van der Waals surface area contributed by atoms with E-state index in [2.05, 4.69) is 0 Å². The lowest BCUT2D eigenvalue weighted by atomic mass is 10.1. The van der Waals surface area contributed by atoms with Crippen molar-refractivity contribution in [3.63, 3.8) is 0 Å². The van der Waals surface area contributed by atoms with Crippen LogP contribution in [0.3, 0.4) is 0 Å². The largest absolute Gasteiger partial charge is 0.395 e. The van der Waals surface area contributed by atoms with Gasteiger partial charge in [-0.1, -0.05) is 36.4 Å². The third-order valence-corrected chi connectivity index (χ3v) is 3.09. The Morgan fingerprint density at radius 1 is 1.05 bits per heavy atom. The van der Waals surface area contributed by atoms with Gasteiger partial charge in [0.2, 0.25) is 0 Å². The van der Waals surface area contributed by atoms with Crippen LogP contribution >= 0.6 is 0 Å². The number of hydrogen-bond donors (Lipinski definition) is 1. The molecule has 0 aromatic heterocycles. The number of aliphatic hydroxyl groups is 1. The first-order valence-corrected chi connectivity index (χ1v) is 6.55. The Labute approximate surface area is 118 Å². The Kier molecular flexibility index (Phi) is 4.91. The molecule has 0 saturated heterocycles. The first-order chi connectivity index (χ1) is 9.69. The fourth-order valence-corrected chi connectivity index (χ4v) is 1.92. The molecule has 0 bridgehead atoms. The Morgan fingerprint density at radius 2 is 1.75 bits per heavy atom. The van der Waals surface area contributed by atoms with Gasteiger partial charge in [0, 0.05) is 19.3 Å². The fourth-order valence-electron chi connectivity index (χ4n) is 1.92. The highest BCUT2D eigenvalue weighted by molar-refractivity contribution is 5.70. The van der Waals surface area contributed by atoms with Crippen molar-refractivity contribution in [3.05, 3.63) is 65.5 Å². The van der Waals surface area contributed by atoms with Gasteiger partial charge in [0.15, 0.2) is 0 Å². The molecule has 0 atom stereocenters. The van der Waals surface area contributed by atoms with Crippen LogP contribution in [0.15, 0.2) is 48.5 Å². The highest BCUT2D eigenvalue weighted by atomic mass is 19.1. The van der Waals surface area contributed by atoms with E-state index in [1.165, 1.54) is 12.1 Å². The van der Waals surface area contributed by atoms with Gasteiger partial charge in [0.05, 0.1) is 6.61 Å². The standard InChI is InChI=1S/C17H18FNO/c1-19(11-12-20)17-9-7-14(8-10-17)5-6-15-3-2-4-16(18)13-15/h2-10,13,20H,11-12H2,1H3/b6-5+. The van der Waals surface area contributed by atoms with Gasteiger partial charge in [-0.2, -0.15) is 0 Å². The molecule has 2 rings (SSSR count). The van der Waals surface area contributed by atoms with E-state index < -0.39 is 0 Å². The third-order valence-electron chi connectivity index (χ3n) is 3.09. The van der Waals surface area contributed by atoms with E-state index in [9.17, 15) is 4.39 Å². The van der Waals surface area contributed by atoms with E-state index in [-0.39, 0.29) is 12.4 Å². The Balaban J connectivity index is 2.07. The van der Waals surface area contributed by atoms with Gasteiger partial charge in [-0.25, -0.2) is 4.39 Å². The molecule has 1 N–H and O–H groups in total. The molecule has 20 heavy (non-hydrogen) atoms. The summed E-state index contributed by atoms with van der Waals surface area (Å²) in [7, 11) is 1.94. The topological polar surface area (TPSA) is 23.5 Å². The highest BCUT2D eigenvalue weighted by Crippen LogP contribution is 2.15. The summed E-state index contributed by atoms with van der Waals surface area (Å²) in [5.74, 6) is -0.229. The zero-order chi connectivity index (χ0) is 14.4. The van der Waals surface area contributed by atoms with Crippen LogP contribution in [0.1, 0.15) is 11.1 Å². The summed E-state index contributed by atoms with van der Waals surface area (Å²) in [5, 5.41) is 8.90. The molecule has 0 spiro atoms. The molecule has 2 nitrogen and oxygen atoms in total. The van der Waals surface area contributed by atoms with Crippen molar-refractivity contribution < 1.29 is 9.50 Å². The molecule has 0 fully saturated rings. The summed E-state index contributed by atoms with van der Waals surface area (Å²) >= 11 is 0. The van der Waals surface area contributed by atoms with E-state index in [1.807, 2.05) is 54.4 Å². The number of halogens is 1. The number of hydrogen-bond acceptors (Lipinski definition) is 2. The van der Waals surface area contributed by atoms with Crippen molar-refractivity contribution in [2.45, 2.75) is 0 Å². The molecule has 0 aliphatic carbocycles. The van der Waals surface area contributed by atoms with Crippen molar-refractivity contribution in [2.24, 2.45) is 0 Å². The number of nitrogens with zero attached hydrogens (tertiary/aromatic N) is 1. The number of anilines is 1. The normalized spacial score (nSPS) is 10.9. The second kappa shape index (κ2) is 6.87. The van der Waals surface area contributed by atoms with Gasteiger partial charge in [-0.05, 0) is 35.4 Å². The zero-order valence-electron chi connectivity index (χ0n) is 11.5. The van der Waals surface area contributed by atoms with E-state index in [1.54, 1.807) is 6.07 Å². The third kappa shape index (κ3) is 3.93. The average Bonchev–Trinajstić information content (AvgIpc) is 2.46. The molecule has 0 amide bonds. The van der Waals surface area contributed by atoms with Crippen LogP contribution in [0.5, 0.6) is 0 Å². The molecule has 0 aliphatic heterocycles. The summed E-state index contributed by atoms with van der Waals surface area (Å²) in [5.41, 5.74) is 2.95. The minimum Gasteiger partial charge on any atom is -0.395 e. The molecular weight excluding hydrogens is 253 g/mol. The predicted octanol–water partition coefficient (Wildman–Crippen LogP) is 3.42. The lowest BCUT2D eigenvalue weighted by molar-refractivity contribution is 0.304. The van der Waals surface area contributed by atoms with Gasteiger partial charge < -0.3 is 10.0 Å². The minimum absolute atomic E-state index is 0.137. The number of benzene rings is 2. The van der Waals surface area contributed by atoms with Gasteiger partial charge >= 0.3 is 0 Å². The Morgan fingerprint density at radius 3 is 2.40 bits per heavy atom. The smallest absolute Gasteiger partial charge is 0.123 e. The molecule has 104 valence electrons. The van der Waals surface area contributed by atoms with E-state index in [0.717, 1.165) is 16.8 Å². The number of rotatable bonds is 5. The highest BCUT2D eigenvalue weighted by Gasteiger charge is 1.98. The maximum absolute atomic E-state index is 13.0. The lowest BCUT2D eigenvalue weighted by Gasteiger charge is -2.17. The zero-order valence-corrected chi connectivity index (χ0v) is 11.5. The first-order valence-electron chi connectivity index (χ1n) is 6.55. The molecule has 2 aromatic carbocycles. The molecule has 3 heteroatoms. The molecule has 0 radical (unpaired) electrons. The van der Waals surface area contributed by atoms with Crippen LogP contribution in [-0.4, -0.2) is 25.3 Å².